The minimum Gasteiger partial charge on any atom is -0.469 e. The van der Waals surface area contributed by atoms with Crippen molar-refractivity contribution in [1.29, 1.82) is 5.41 Å². The third-order valence-electron chi connectivity index (χ3n) is 3.73. The minimum absolute atomic E-state index is 0.0884. The largest absolute Gasteiger partial charge is 0.469 e. The Bertz CT molecular complexity index is 817. The number of aromatic nitrogens is 1. The summed E-state index contributed by atoms with van der Waals surface area (Å²) in [5.74, 6) is -0.500. The first-order valence-electron chi connectivity index (χ1n) is 8.44. The fraction of sp³-hybridized carbons (Fsp3) is 0.333. The molecule has 0 atom stereocenters. The molecule has 1 aromatic heterocycles. The number of carbonyl (C=O) groups excluding carboxylic acids is 2. The number of carbonyl (C=O) groups is 2. The first-order chi connectivity index (χ1) is 12.9. The average Bonchev–Trinajstić information content (AvgIpc) is 2.98. The number of methoxy groups -OCH3 is 1. The number of rotatable bonds is 8. The first kappa shape index (κ1) is 20.4. The van der Waals surface area contributed by atoms with Crippen molar-refractivity contribution in [3.63, 3.8) is 0 Å². The van der Waals surface area contributed by atoms with Crippen molar-refractivity contribution in [3.05, 3.63) is 30.0 Å². The van der Waals surface area contributed by atoms with Gasteiger partial charge in [0, 0.05) is 18.5 Å². The molecule has 2 rings (SSSR count). The quantitative estimate of drug-likeness (QED) is 0.237. The molecule has 5 N–H and O–H groups in total. The van der Waals surface area contributed by atoms with E-state index in [-0.39, 0.29) is 17.8 Å². The Kier molecular flexibility index (Phi) is 7.30. The maximum atomic E-state index is 12.0. The van der Waals surface area contributed by atoms with E-state index in [4.69, 9.17) is 11.1 Å². The summed E-state index contributed by atoms with van der Waals surface area (Å²) in [6.45, 7) is 1.89. The van der Waals surface area contributed by atoms with Gasteiger partial charge in [-0.2, -0.15) is 0 Å². The molecule has 0 radical (unpaired) electrons. The van der Waals surface area contributed by atoms with Crippen LogP contribution in [0.1, 0.15) is 31.4 Å². The second kappa shape index (κ2) is 9.67. The number of hydrogen-bond acceptors (Lipinski definition) is 6. The molecular weight excluding hydrogens is 366 g/mol. The maximum Gasteiger partial charge on any atom is 0.305 e. The number of guanidine groups is 1. The lowest BCUT2D eigenvalue weighted by Crippen LogP contribution is -2.20. The number of unbranched alkanes of at least 4 members (excludes halogenated alkanes) is 1. The molecule has 144 valence electrons. The summed E-state index contributed by atoms with van der Waals surface area (Å²) in [6, 6.07) is 7.48. The number of ether oxygens (including phenoxy) is 1. The molecule has 0 aliphatic rings. The molecule has 1 aromatic carbocycles. The van der Waals surface area contributed by atoms with Crippen molar-refractivity contribution in [1.82, 2.24) is 4.98 Å². The number of anilines is 2. The van der Waals surface area contributed by atoms with E-state index in [2.05, 4.69) is 20.4 Å². The van der Waals surface area contributed by atoms with Gasteiger partial charge in [0.25, 0.3) is 0 Å². The molecule has 0 saturated carbocycles. The van der Waals surface area contributed by atoms with Gasteiger partial charge in [-0.05, 0) is 37.5 Å². The van der Waals surface area contributed by atoms with Gasteiger partial charge in [-0.3, -0.25) is 15.0 Å². The highest BCUT2D eigenvalue weighted by molar-refractivity contribution is 7.19. The van der Waals surface area contributed by atoms with Gasteiger partial charge in [0.2, 0.25) is 5.91 Å². The third kappa shape index (κ3) is 6.37. The summed E-state index contributed by atoms with van der Waals surface area (Å²) in [7, 11) is 1.35. The Morgan fingerprint density at radius 2 is 1.85 bits per heavy atom. The van der Waals surface area contributed by atoms with E-state index in [1.54, 1.807) is 0 Å². The van der Waals surface area contributed by atoms with Gasteiger partial charge in [-0.1, -0.05) is 23.5 Å². The predicted molar refractivity (Wildman–Crippen MR) is 107 cm³/mol. The molecule has 8 nitrogen and oxygen atoms in total. The van der Waals surface area contributed by atoms with Crippen molar-refractivity contribution in [2.24, 2.45) is 5.73 Å². The van der Waals surface area contributed by atoms with Crippen molar-refractivity contribution in [3.8, 4) is 10.4 Å². The fourth-order valence-corrected chi connectivity index (χ4v) is 3.40. The number of nitrogens with one attached hydrogen (secondary N) is 3. The minimum atomic E-state index is -0.258. The monoisotopic (exact) mass is 389 g/mol. The number of thiazole rings is 1. The van der Waals surface area contributed by atoms with Crippen LogP contribution in [-0.4, -0.2) is 29.9 Å². The van der Waals surface area contributed by atoms with E-state index in [1.165, 1.54) is 18.4 Å². The number of nitrogens with two attached hydrogens (primary N) is 1. The van der Waals surface area contributed by atoms with E-state index in [9.17, 15) is 9.59 Å². The standard InChI is InChI=1S/C18H23N5O3S/c1-11-16(27-18(21-11)23-17(19)20)12-7-9-13(10-8-12)22-14(24)5-3-4-6-15(25)26-2/h7-10H,3-6H2,1-2H3,(H,22,24)(H4,19,20,21,23). The number of hydrogen-bond donors (Lipinski definition) is 4. The summed E-state index contributed by atoms with van der Waals surface area (Å²) < 4.78 is 4.57. The Morgan fingerprint density at radius 1 is 1.19 bits per heavy atom. The van der Waals surface area contributed by atoms with Crippen LogP contribution >= 0.6 is 11.3 Å². The molecule has 0 unspecified atom stereocenters. The molecule has 1 heterocycles. The Morgan fingerprint density at radius 3 is 2.48 bits per heavy atom. The highest BCUT2D eigenvalue weighted by atomic mass is 32.1. The molecule has 9 heteroatoms. The topological polar surface area (TPSA) is 130 Å². The Balaban J connectivity index is 1.89. The SMILES string of the molecule is COC(=O)CCCCC(=O)Nc1ccc(-c2sc(NC(=N)N)nc2C)cc1. The van der Waals surface area contributed by atoms with Crippen molar-refractivity contribution in [2.75, 3.05) is 17.7 Å². The highest BCUT2D eigenvalue weighted by Gasteiger charge is 2.11. The summed E-state index contributed by atoms with van der Waals surface area (Å²) in [5, 5.41) is 13.4. The number of aryl methyl sites for hydroxylation is 1. The van der Waals surface area contributed by atoms with E-state index >= 15 is 0 Å². The van der Waals surface area contributed by atoms with Gasteiger partial charge in [-0.25, -0.2) is 4.98 Å². The van der Waals surface area contributed by atoms with Gasteiger partial charge in [-0.15, -0.1) is 0 Å². The highest BCUT2D eigenvalue weighted by Crippen LogP contribution is 2.33. The molecular formula is C18H23N5O3S. The summed E-state index contributed by atoms with van der Waals surface area (Å²) >= 11 is 1.41. The van der Waals surface area contributed by atoms with E-state index in [1.807, 2.05) is 31.2 Å². The molecule has 0 aliphatic heterocycles. The second-order valence-corrected chi connectivity index (χ2v) is 6.88. The van der Waals surface area contributed by atoms with E-state index < -0.39 is 0 Å². The zero-order valence-electron chi connectivity index (χ0n) is 15.3. The average molecular weight is 389 g/mol. The van der Waals surface area contributed by atoms with Crippen molar-refractivity contribution >= 4 is 40.0 Å². The van der Waals surface area contributed by atoms with Gasteiger partial charge in [0.1, 0.15) is 0 Å². The second-order valence-electron chi connectivity index (χ2n) is 5.88. The molecule has 2 aromatic rings. The molecule has 0 aliphatic carbocycles. The van der Waals surface area contributed by atoms with Gasteiger partial charge in [0.15, 0.2) is 11.1 Å². The Hall–Kier alpha value is -2.94. The van der Waals surface area contributed by atoms with Crippen LogP contribution in [0.4, 0.5) is 10.8 Å². The lowest BCUT2D eigenvalue weighted by molar-refractivity contribution is -0.140. The lowest BCUT2D eigenvalue weighted by atomic mass is 10.1. The van der Waals surface area contributed by atoms with Crippen LogP contribution in [0.3, 0.4) is 0 Å². The van der Waals surface area contributed by atoms with Crippen LogP contribution in [0.5, 0.6) is 0 Å². The summed E-state index contributed by atoms with van der Waals surface area (Å²) in [4.78, 5) is 28.3. The summed E-state index contributed by atoms with van der Waals surface area (Å²) in [6.07, 6.45) is 1.94. The maximum absolute atomic E-state index is 12.0. The zero-order chi connectivity index (χ0) is 19.8. The number of benzene rings is 1. The normalized spacial score (nSPS) is 10.3. The van der Waals surface area contributed by atoms with Crippen molar-refractivity contribution in [2.45, 2.75) is 32.6 Å². The van der Waals surface area contributed by atoms with Crippen LogP contribution in [0.2, 0.25) is 0 Å². The fourth-order valence-electron chi connectivity index (χ4n) is 2.42. The van der Waals surface area contributed by atoms with Gasteiger partial charge >= 0.3 is 5.97 Å². The zero-order valence-corrected chi connectivity index (χ0v) is 16.1. The number of nitrogens with zero attached hydrogens (tertiary/aromatic N) is 1. The van der Waals surface area contributed by atoms with Crippen LogP contribution in [0.15, 0.2) is 24.3 Å². The lowest BCUT2D eigenvalue weighted by Gasteiger charge is -2.06. The van der Waals surface area contributed by atoms with Crippen LogP contribution in [0.25, 0.3) is 10.4 Å². The molecule has 1 amide bonds. The van der Waals surface area contributed by atoms with Crippen LogP contribution < -0.4 is 16.4 Å². The molecule has 0 saturated heterocycles. The number of esters is 1. The third-order valence-corrected chi connectivity index (χ3v) is 4.85. The molecule has 27 heavy (non-hydrogen) atoms. The van der Waals surface area contributed by atoms with Gasteiger partial charge < -0.3 is 21.1 Å². The molecule has 0 spiro atoms. The van der Waals surface area contributed by atoms with E-state index in [0.29, 0.717) is 36.5 Å². The van der Waals surface area contributed by atoms with Crippen molar-refractivity contribution < 1.29 is 14.3 Å². The Labute approximate surface area is 161 Å². The molecule has 0 bridgehead atoms. The summed E-state index contributed by atoms with van der Waals surface area (Å²) in [5.41, 5.74) is 7.85. The first-order valence-corrected chi connectivity index (χ1v) is 9.26. The van der Waals surface area contributed by atoms with Gasteiger partial charge in [0.05, 0.1) is 17.7 Å². The number of amides is 1. The van der Waals surface area contributed by atoms with E-state index in [0.717, 1.165) is 16.1 Å². The smallest absolute Gasteiger partial charge is 0.305 e. The predicted octanol–water partition coefficient (Wildman–Crippen LogP) is 3.10. The van der Waals surface area contributed by atoms with Crippen LogP contribution in [0, 0.1) is 12.3 Å². The van der Waals surface area contributed by atoms with Crippen LogP contribution in [-0.2, 0) is 14.3 Å². The molecule has 0 fully saturated rings.